The lowest BCUT2D eigenvalue weighted by atomic mass is 10.1. The van der Waals surface area contributed by atoms with E-state index in [4.69, 9.17) is 0 Å². The van der Waals surface area contributed by atoms with Crippen LogP contribution >= 0.6 is 0 Å². The molecule has 1 aliphatic rings. The number of nitrogens with one attached hydrogen (secondary N) is 1. The third-order valence-electron chi connectivity index (χ3n) is 4.28. The van der Waals surface area contributed by atoms with Crippen LogP contribution in [0.1, 0.15) is 16.8 Å². The largest absolute Gasteiger partial charge is 0.313 e. The maximum Gasteiger partial charge on any atom is 0.123 e. The fraction of sp³-hybridized carbons (Fsp3) is 0.222. The Kier molecular flexibility index (Phi) is 2.82. The van der Waals surface area contributed by atoms with Crippen molar-refractivity contribution in [3.8, 4) is 5.69 Å². The standard InChI is InChI=1S/C18H17FN2/c1-12-2-5-14(6-3-12)21-17-7-4-13(19)10-15(17)16-11-20-9-8-18(16)21/h2-7,10,20H,8-9,11H2,1H3. The van der Waals surface area contributed by atoms with Crippen LogP contribution in [0.2, 0.25) is 0 Å². The first-order valence-corrected chi connectivity index (χ1v) is 7.33. The monoisotopic (exact) mass is 280 g/mol. The van der Waals surface area contributed by atoms with E-state index in [1.54, 1.807) is 12.1 Å². The molecule has 106 valence electrons. The SMILES string of the molecule is Cc1ccc(-n2c3c(c4cc(F)ccc42)CNCC3)cc1. The van der Waals surface area contributed by atoms with Crippen LogP contribution in [0.3, 0.4) is 0 Å². The third kappa shape index (κ3) is 1.96. The molecule has 0 unspecified atom stereocenters. The van der Waals surface area contributed by atoms with Gasteiger partial charge in [-0.2, -0.15) is 0 Å². The molecule has 0 fully saturated rings. The van der Waals surface area contributed by atoms with Crippen molar-refractivity contribution in [1.82, 2.24) is 9.88 Å². The number of halogens is 1. The highest BCUT2D eigenvalue weighted by Gasteiger charge is 2.20. The number of rotatable bonds is 1. The second kappa shape index (κ2) is 4.71. The van der Waals surface area contributed by atoms with E-state index in [1.807, 2.05) is 6.07 Å². The van der Waals surface area contributed by atoms with E-state index >= 15 is 0 Å². The fourth-order valence-corrected chi connectivity index (χ4v) is 3.25. The van der Waals surface area contributed by atoms with Crippen molar-refractivity contribution >= 4 is 10.9 Å². The average Bonchev–Trinajstić information content (AvgIpc) is 2.82. The molecule has 0 aliphatic carbocycles. The topological polar surface area (TPSA) is 17.0 Å². The van der Waals surface area contributed by atoms with Gasteiger partial charge in [0, 0.05) is 36.3 Å². The second-order valence-corrected chi connectivity index (χ2v) is 5.68. The predicted octanol–water partition coefficient (Wildman–Crippen LogP) is 3.72. The number of nitrogens with zero attached hydrogens (tertiary/aromatic N) is 1. The lowest BCUT2D eigenvalue weighted by molar-refractivity contribution is 0.627. The molecule has 0 radical (unpaired) electrons. The molecule has 1 aliphatic heterocycles. The van der Waals surface area contributed by atoms with E-state index in [0.717, 1.165) is 36.1 Å². The van der Waals surface area contributed by atoms with Gasteiger partial charge in [-0.25, -0.2) is 4.39 Å². The summed E-state index contributed by atoms with van der Waals surface area (Å²) in [5.74, 6) is -0.170. The number of aryl methyl sites for hydroxylation is 1. The van der Waals surface area contributed by atoms with Crippen molar-refractivity contribution in [3.63, 3.8) is 0 Å². The van der Waals surface area contributed by atoms with Gasteiger partial charge in [-0.3, -0.25) is 0 Å². The van der Waals surface area contributed by atoms with Gasteiger partial charge >= 0.3 is 0 Å². The van der Waals surface area contributed by atoms with Crippen molar-refractivity contribution in [2.75, 3.05) is 6.54 Å². The minimum atomic E-state index is -0.170. The summed E-state index contributed by atoms with van der Waals surface area (Å²) in [5, 5.41) is 4.42. The van der Waals surface area contributed by atoms with Gasteiger partial charge in [0.2, 0.25) is 0 Å². The molecule has 1 aromatic heterocycles. The Bertz CT molecular complexity index is 815. The highest BCUT2D eigenvalue weighted by Crippen LogP contribution is 2.32. The summed E-state index contributed by atoms with van der Waals surface area (Å²) in [4.78, 5) is 0. The van der Waals surface area contributed by atoms with Gasteiger partial charge in [0.1, 0.15) is 5.82 Å². The summed E-state index contributed by atoms with van der Waals surface area (Å²) in [5.41, 5.74) is 6.03. The molecule has 2 heterocycles. The van der Waals surface area contributed by atoms with E-state index in [-0.39, 0.29) is 5.82 Å². The normalized spacial score (nSPS) is 14.4. The molecule has 0 saturated carbocycles. The van der Waals surface area contributed by atoms with E-state index in [2.05, 4.69) is 41.1 Å². The second-order valence-electron chi connectivity index (χ2n) is 5.68. The van der Waals surface area contributed by atoms with Crippen LogP contribution in [0.4, 0.5) is 4.39 Å². The van der Waals surface area contributed by atoms with Crippen molar-refractivity contribution in [1.29, 1.82) is 0 Å². The Morgan fingerprint density at radius 1 is 1.10 bits per heavy atom. The van der Waals surface area contributed by atoms with Crippen LogP contribution in [-0.2, 0) is 13.0 Å². The summed E-state index contributed by atoms with van der Waals surface area (Å²) in [7, 11) is 0. The molecule has 2 nitrogen and oxygen atoms in total. The first-order valence-electron chi connectivity index (χ1n) is 7.33. The Labute approximate surface area is 123 Å². The first-order chi connectivity index (χ1) is 10.2. The number of hydrogen-bond acceptors (Lipinski definition) is 1. The van der Waals surface area contributed by atoms with Crippen LogP contribution in [0, 0.1) is 12.7 Å². The molecule has 0 atom stereocenters. The van der Waals surface area contributed by atoms with Gasteiger partial charge in [-0.15, -0.1) is 0 Å². The molecule has 4 rings (SSSR count). The van der Waals surface area contributed by atoms with Crippen LogP contribution in [0.25, 0.3) is 16.6 Å². The summed E-state index contributed by atoms with van der Waals surface area (Å²) < 4.78 is 15.9. The van der Waals surface area contributed by atoms with Gasteiger partial charge in [-0.05, 0) is 42.8 Å². The maximum absolute atomic E-state index is 13.6. The summed E-state index contributed by atoms with van der Waals surface area (Å²) >= 11 is 0. The lowest BCUT2D eigenvalue weighted by Crippen LogP contribution is -2.24. The minimum absolute atomic E-state index is 0.170. The number of aromatic nitrogens is 1. The van der Waals surface area contributed by atoms with E-state index in [9.17, 15) is 4.39 Å². The summed E-state index contributed by atoms with van der Waals surface area (Å²) in [6.45, 7) is 3.87. The van der Waals surface area contributed by atoms with Crippen molar-refractivity contribution < 1.29 is 4.39 Å². The van der Waals surface area contributed by atoms with Crippen LogP contribution in [0.5, 0.6) is 0 Å². The Balaban J connectivity index is 2.05. The fourth-order valence-electron chi connectivity index (χ4n) is 3.25. The van der Waals surface area contributed by atoms with Gasteiger partial charge in [-0.1, -0.05) is 17.7 Å². The van der Waals surface area contributed by atoms with Crippen molar-refractivity contribution in [2.24, 2.45) is 0 Å². The highest BCUT2D eigenvalue weighted by molar-refractivity contribution is 5.87. The van der Waals surface area contributed by atoms with E-state index in [0.29, 0.717) is 0 Å². The van der Waals surface area contributed by atoms with E-state index in [1.165, 1.54) is 16.8 Å². The van der Waals surface area contributed by atoms with Gasteiger partial charge in [0.15, 0.2) is 0 Å². The highest BCUT2D eigenvalue weighted by atomic mass is 19.1. The van der Waals surface area contributed by atoms with Crippen LogP contribution < -0.4 is 5.32 Å². The summed E-state index contributed by atoms with van der Waals surface area (Å²) in [6.07, 6.45) is 0.972. The molecule has 21 heavy (non-hydrogen) atoms. The van der Waals surface area contributed by atoms with Gasteiger partial charge in [0.25, 0.3) is 0 Å². The molecule has 1 N–H and O–H groups in total. The first kappa shape index (κ1) is 12.6. The average molecular weight is 280 g/mol. The van der Waals surface area contributed by atoms with Crippen molar-refractivity contribution in [2.45, 2.75) is 19.9 Å². The zero-order chi connectivity index (χ0) is 14.4. The molecule has 3 aromatic rings. The predicted molar refractivity (Wildman–Crippen MR) is 83.4 cm³/mol. The zero-order valence-electron chi connectivity index (χ0n) is 12.0. The molecule has 0 bridgehead atoms. The molecule has 0 spiro atoms. The third-order valence-corrected chi connectivity index (χ3v) is 4.28. The number of fused-ring (bicyclic) bond motifs is 3. The quantitative estimate of drug-likeness (QED) is 0.719. The molecule has 2 aromatic carbocycles. The van der Waals surface area contributed by atoms with Gasteiger partial charge in [0.05, 0.1) is 5.52 Å². The molecular weight excluding hydrogens is 263 g/mol. The molecule has 0 amide bonds. The molecular formula is C18H17FN2. The molecule has 0 saturated heterocycles. The number of benzene rings is 2. The minimum Gasteiger partial charge on any atom is -0.313 e. The Morgan fingerprint density at radius 2 is 1.90 bits per heavy atom. The maximum atomic E-state index is 13.6. The Hall–Kier alpha value is -2.13. The zero-order valence-corrected chi connectivity index (χ0v) is 12.0. The van der Waals surface area contributed by atoms with E-state index < -0.39 is 0 Å². The number of hydrogen-bond donors (Lipinski definition) is 1. The molecule has 3 heteroatoms. The van der Waals surface area contributed by atoms with Crippen LogP contribution in [0.15, 0.2) is 42.5 Å². The lowest BCUT2D eigenvalue weighted by Gasteiger charge is -2.17. The Morgan fingerprint density at radius 3 is 2.71 bits per heavy atom. The van der Waals surface area contributed by atoms with Crippen molar-refractivity contribution in [3.05, 3.63) is 65.1 Å². The van der Waals surface area contributed by atoms with Crippen LogP contribution in [-0.4, -0.2) is 11.1 Å². The smallest absolute Gasteiger partial charge is 0.123 e. The summed E-state index contributed by atoms with van der Waals surface area (Å²) in [6, 6.07) is 13.6. The van der Waals surface area contributed by atoms with Gasteiger partial charge < -0.3 is 9.88 Å².